The third kappa shape index (κ3) is 3.42. The molecule has 0 heterocycles. The first-order valence-electron chi connectivity index (χ1n) is 3.46. The molecule has 0 aliphatic carbocycles. The summed E-state index contributed by atoms with van der Waals surface area (Å²) in [6, 6.07) is 0. The van der Waals surface area contributed by atoms with Gasteiger partial charge in [0.1, 0.15) is 0 Å². The summed E-state index contributed by atoms with van der Waals surface area (Å²) in [5, 5.41) is 0. The number of hydrogen-bond donors (Lipinski definition) is 0. The first-order valence-corrected chi connectivity index (χ1v) is 3.46. The van der Waals surface area contributed by atoms with E-state index in [1.54, 1.807) is 6.92 Å². The molecule has 0 aromatic heterocycles. The van der Waals surface area contributed by atoms with Gasteiger partial charge in [0.25, 0.3) is 0 Å². The predicted octanol–water partition coefficient (Wildman–Crippen LogP) is 3.63. The summed E-state index contributed by atoms with van der Waals surface area (Å²) in [7, 11) is 0. The highest BCUT2D eigenvalue weighted by molar-refractivity contribution is 5.30. The van der Waals surface area contributed by atoms with Crippen LogP contribution in [-0.4, -0.2) is 6.18 Å². The summed E-state index contributed by atoms with van der Waals surface area (Å²) in [6.07, 6.45) is -0.783. The third-order valence-electron chi connectivity index (χ3n) is 1.34. The van der Waals surface area contributed by atoms with E-state index in [0.29, 0.717) is 5.57 Å². The highest BCUT2D eigenvalue weighted by atomic mass is 19.4. The van der Waals surface area contributed by atoms with Crippen LogP contribution < -0.4 is 0 Å². The Kier molecular flexibility index (Phi) is 3.80. The lowest BCUT2D eigenvalue weighted by Gasteiger charge is -2.06. The molecule has 68 valence electrons. The molecule has 0 aromatic carbocycles. The van der Waals surface area contributed by atoms with Crippen LogP contribution in [0.3, 0.4) is 0 Å². The smallest absolute Gasteiger partial charge is 0.166 e. The number of allylic oxidation sites excluding steroid dienone is 5. The molecule has 0 N–H and O–H groups in total. The Morgan fingerprint density at radius 2 is 1.83 bits per heavy atom. The molecule has 0 atom stereocenters. The van der Waals surface area contributed by atoms with Crippen LogP contribution in [0.1, 0.15) is 13.8 Å². The normalized spacial score (nSPS) is 14.8. The maximum Gasteiger partial charge on any atom is 0.416 e. The summed E-state index contributed by atoms with van der Waals surface area (Å²) in [6.45, 7) is 6.30. The fourth-order valence-electron chi connectivity index (χ4n) is 0.633. The number of alkyl halides is 3. The van der Waals surface area contributed by atoms with Gasteiger partial charge in [0.05, 0.1) is 5.57 Å². The quantitative estimate of drug-likeness (QED) is 0.563. The predicted molar refractivity (Wildman–Crippen MR) is 43.8 cm³/mol. The molecule has 0 saturated heterocycles. The van der Waals surface area contributed by atoms with E-state index in [1.165, 1.54) is 13.0 Å². The van der Waals surface area contributed by atoms with Gasteiger partial charge in [-0.1, -0.05) is 24.3 Å². The minimum Gasteiger partial charge on any atom is -0.166 e. The Labute approximate surface area is 70.1 Å². The first kappa shape index (κ1) is 11.0. The van der Waals surface area contributed by atoms with Crippen LogP contribution in [0.15, 0.2) is 36.0 Å². The van der Waals surface area contributed by atoms with Gasteiger partial charge in [0, 0.05) is 0 Å². The van der Waals surface area contributed by atoms with E-state index in [1.807, 2.05) is 0 Å². The van der Waals surface area contributed by atoms with Gasteiger partial charge in [0.15, 0.2) is 0 Å². The monoisotopic (exact) mass is 176 g/mol. The van der Waals surface area contributed by atoms with E-state index in [0.717, 1.165) is 12.2 Å². The van der Waals surface area contributed by atoms with Crippen molar-refractivity contribution in [1.29, 1.82) is 0 Å². The Morgan fingerprint density at radius 3 is 2.08 bits per heavy atom. The van der Waals surface area contributed by atoms with Crippen molar-refractivity contribution in [3.63, 3.8) is 0 Å². The van der Waals surface area contributed by atoms with Gasteiger partial charge in [-0.3, -0.25) is 0 Å². The maximum absolute atomic E-state index is 12.1. The van der Waals surface area contributed by atoms with Crippen molar-refractivity contribution in [3.8, 4) is 0 Å². The lowest BCUT2D eigenvalue weighted by molar-refractivity contribution is -0.0883. The van der Waals surface area contributed by atoms with Gasteiger partial charge in [-0.25, -0.2) is 0 Å². The average Bonchev–Trinajstić information content (AvgIpc) is 1.97. The van der Waals surface area contributed by atoms with E-state index in [4.69, 9.17) is 0 Å². The van der Waals surface area contributed by atoms with Gasteiger partial charge in [0.2, 0.25) is 0 Å². The summed E-state index contributed by atoms with van der Waals surface area (Å²) < 4.78 is 36.2. The first-order chi connectivity index (χ1) is 5.41. The van der Waals surface area contributed by atoms with Crippen molar-refractivity contribution in [1.82, 2.24) is 0 Å². The molecule has 0 aromatic rings. The van der Waals surface area contributed by atoms with Crippen LogP contribution in [0.25, 0.3) is 0 Å². The van der Waals surface area contributed by atoms with Crippen molar-refractivity contribution in [2.75, 3.05) is 0 Å². The fourth-order valence-corrected chi connectivity index (χ4v) is 0.633. The van der Waals surface area contributed by atoms with Crippen LogP contribution >= 0.6 is 0 Å². The maximum atomic E-state index is 12.1. The SMILES string of the molecule is C=C/C(C)=C\C(=C/C)C(F)(F)F. The van der Waals surface area contributed by atoms with Crippen molar-refractivity contribution in [3.05, 3.63) is 36.0 Å². The number of halogens is 3. The molecule has 0 saturated carbocycles. The highest BCUT2D eigenvalue weighted by Gasteiger charge is 2.30. The van der Waals surface area contributed by atoms with E-state index in [2.05, 4.69) is 6.58 Å². The highest BCUT2D eigenvalue weighted by Crippen LogP contribution is 2.27. The van der Waals surface area contributed by atoms with Crippen molar-refractivity contribution < 1.29 is 13.2 Å². The van der Waals surface area contributed by atoms with Crippen LogP contribution in [0.5, 0.6) is 0 Å². The molecule has 0 aliphatic heterocycles. The molecule has 0 unspecified atom stereocenters. The topological polar surface area (TPSA) is 0 Å². The third-order valence-corrected chi connectivity index (χ3v) is 1.34. The van der Waals surface area contributed by atoms with Gasteiger partial charge in [-0.05, 0) is 19.9 Å². The van der Waals surface area contributed by atoms with Crippen LogP contribution in [0, 0.1) is 0 Å². The van der Waals surface area contributed by atoms with Crippen molar-refractivity contribution in [2.24, 2.45) is 0 Å². The lowest BCUT2D eigenvalue weighted by Crippen LogP contribution is -2.09. The molecule has 3 heteroatoms. The standard InChI is InChI=1S/C9H11F3/c1-4-7(3)6-8(5-2)9(10,11)12/h4-6H,1H2,2-3H3/b7-6-,8-5+. The Morgan fingerprint density at radius 1 is 1.33 bits per heavy atom. The van der Waals surface area contributed by atoms with Gasteiger partial charge >= 0.3 is 6.18 Å². The van der Waals surface area contributed by atoms with Crippen LogP contribution in [0.4, 0.5) is 13.2 Å². The second-order valence-electron chi connectivity index (χ2n) is 2.33. The van der Waals surface area contributed by atoms with Gasteiger partial charge in [-0.15, -0.1) is 0 Å². The summed E-state index contributed by atoms with van der Waals surface area (Å²) in [5.74, 6) is 0. The minimum absolute atomic E-state index is 0.500. The molecule has 0 aliphatic rings. The average molecular weight is 176 g/mol. The Hall–Kier alpha value is -0.990. The molecular formula is C9H11F3. The van der Waals surface area contributed by atoms with E-state index in [-0.39, 0.29) is 0 Å². The molecule has 0 radical (unpaired) electrons. The number of hydrogen-bond acceptors (Lipinski definition) is 0. The molecular weight excluding hydrogens is 165 g/mol. The molecule has 0 bridgehead atoms. The van der Waals surface area contributed by atoms with Crippen molar-refractivity contribution >= 4 is 0 Å². The molecule has 0 rings (SSSR count). The Bertz CT molecular complexity index is 218. The minimum atomic E-state index is -4.26. The Balaban J connectivity index is 4.74. The summed E-state index contributed by atoms with van der Waals surface area (Å²) >= 11 is 0. The molecule has 0 spiro atoms. The van der Waals surface area contributed by atoms with E-state index >= 15 is 0 Å². The van der Waals surface area contributed by atoms with Crippen LogP contribution in [0.2, 0.25) is 0 Å². The fraction of sp³-hybridized carbons (Fsp3) is 0.333. The molecule has 0 amide bonds. The van der Waals surface area contributed by atoms with Gasteiger partial charge < -0.3 is 0 Å². The lowest BCUT2D eigenvalue weighted by atomic mass is 10.1. The van der Waals surface area contributed by atoms with E-state index < -0.39 is 11.7 Å². The molecule has 0 nitrogen and oxygen atoms in total. The second-order valence-corrected chi connectivity index (χ2v) is 2.33. The second kappa shape index (κ2) is 4.14. The van der Waals surface area contributed by atoms with Crippen LogP contribution in [-0.2, 0) is 0 Å². The molecule has 0 fully saturated rings. The summed E-state index contributed by atoms with van der Waals surface area (Å²) in [4.78, 5) is 0. The zero-order chi connectivity index (χ0) is 9.78. The largest absolute Gasteiger partial charge is 0.416 e. The summed E-state index contributed by atoms with van der Waals surface area (Å²) in [5.41, 5.74) is -0.139. The molecule has 12 heavy (non-hydrogen) atoms. The number of rotatable bonds is 2. The van der Waals surface area contributed by atoms with Gasteiger partial charge in [-0.2, -0.15) is 13.2 Å². The van der Waals surface area contributed by atoms with Crippen molar-refractivity contribution in [2.45, 2.75) is 20.0 Å². The zero-order valence-corrected chi connectivity index (χ0v) is 7.07. The zero-order valence-electron chi connectivity index (χ0n) is 7.07. The van der Waals surface area contributed by atoms with E-state index in [9.17, 15) is 13.2 Å².